The Bertz CT molecular complexity index is 578. The summed E-state index contributed by atoms with van der Waals surface area (Å²) >= 11 is 6.23. The lowest BCUT2D eigenvalue weighted by Gasteiger charge is -2.28. The lowest BCUT2D eigenvalue weighted by Crippen LogP contribution is -2.49. The van der Waals surface area contributed by atoms with E-state index in [1.54, 1.807) is 0 Å². The van der Waals surface area contributed by atoms with Gasteiger partial charge in [-0.3, -0.25) is 4.79 Å². The number of rotatable bonds is 3. The molecule has 1 aliphatic carbocycles. The van der Waals surface area contributed by atoms with Crippen LogP contribution in [0, 0.1) is 0 Å². The average molecular weight is 321 g/mol. The van der Waals surface area contributed by atoms with Crippen molar-refractivity contribution in [3.8, 4) is 0 Å². The maximum Gasteiger partial charge on any atom is 0.280 e. The quantitative estimate of drug-likeness (QED) is 0.871. The highest BCUT2D eigenvalue weighted by atomic mass is 35.5. The first-order valence-corrected chi connectivity index (χ1v) is 7.24. The zero-order chi connectivity index (χ0) is 14.3. The van der Waals surface area contributed by atoms with Crippen LogP contribution in [0.25, 0.3) is 0 Å². The predicted molar refractivity (Wildman–Crippen MR) is 70.4 cm³/mol. The number of fused-ring (bicyclic) bond motifs is 2. The van der Waals surface area contributed by atoms with Crippen LogP contribution in [0.3, 0.4) is 0 Å². The van der Waals surface area contributed by atoms with Gasteiger partial charge in [0.2, 0.25) is 0 Å². The van der Waals surface area contributed by atoms with Crippen molar-refractivity contribution in [3.05, 3.63) is 27.2 Å². The van der Waals surface area contributed by atoms with Gasteiger partial charge in [-0.15, -0.1) is 11.3 Å². The van der Waals surface area contributed by atoms with Crippen molar-refractivity contribution < 1.29 is 18.3 Å². The molecule has 0 radical (unpaired) electrons. The van der Waals surface area contributed by atoms with Crippen LogP contribution >= 0.6 is 22.9 Å². The smallest absolute Gasteiger partial charge is 0.280 e. The number of thiazole rings is 1. The summed E-state index contributed by atoms with van der Waals surface area (Å²) in [7, 11) is 0. The number of aromatic nitrogens is 1. The minimum atomic E-state index is -2.73. The molecule has 108 valence electrons. The van der Waals surface area contributed by atoms with Gasteiger partial charge in [-0.05, 0) is 6.42 Å². The lowest BCUT2D eigenvalue weighted by atomic mass is 9.87. The number of ether oxygens (including phenoxy) is 1. The van der Waals surface area contributed by atoms with Gasteiger partial charge in [0.1, 0.15) is 10.0 Å². The molecule has 1 saturated heterocycles. The van der Waals surface area contributed by atoms with Crippen LogP contribution < -0.4 is 5.32 Å². The van der Waals surface area contributed by atoms with Crippen LogP contribution in [-0.2, 0) is 4.74 Å². The Labute approximate surface area is 122 Å². The van der Waals surface area contributed by atoms with E-state index >= 15 is 0 Å². The monoisotopic (exact) mass is 320 g/mol. The van der Waals surface area contributed by atoms with Gasteiger partial charge in [-0.25, -0.2) is 13.8 Å². The molecule has 8 heteroatoms. The molecule has 1 N–H and O–H groups in total. The summed E-state index contributed by atoms with van der Waals surface area (Å²) in [5, 5.41) is 2.50. The van der Waals surface area contributed by atoms with Crippen LogP contribution in [-0.4, -0.2) is 29.1 Å². The highest BCUT2D eigenvalue weighted by molar-refractivity contribution is 7.14. The highest BCUT2D eigenvalue weighted by Gasteiger charge is 2.42. The first-order valence-electron chi connectivity index (χ1n) is 6.04. The first-order chi connectivity index (χ1) is 9.49. The van der Waals surface area contributed by atoms with Gasteiger partial charge in [0, 0.05) is 6.42 Å². The van der Waals surface area contributed by atoms with Gasteiger partial charge in [0.25, 0.3) is 12.3 Å². The van der Waals surface area contributed by atoms with E-state index in [-0.39, 0.29) is 21.1 Å². The number of halogens is 3. The third-order valence-corrected chi connectivity index (χ3v) is 4.87. The second-order valence-electron chi connectivity index (χ2n) is 4.90. The Balaban J connectivity index is 1.77. The van der Waals surface area contributed by atoms with E-state index in [0.29, 0.717) is 30.8 Å². The molecule has 2 bridgehead atoms. The van der Waals surface area contributed by atoms with Crippen LogP contribution in [0.4, 0.5) is 8.78 Å². The van der Waals surface area contributed by atoms with Gasteiger partial charge < -0.3 is 10.1 Å². The highest BCUT2D eigenvalue weighted by Crippen LogP contribution is 2.35. The van der Waals surface area contributed by atoms with Gasteiger partial charge >= 0.3 is 0 Å². The summed E-state index contributed by atoms with van der Waals surface area (Å²) in [5.41, 5.74) is -0.459. The normalized spacial score (nSPS) is 28.1. The summed E-state index contributed by atoms with van der Waals surface area (Å²) in [6.45, 7) is 0.414. The zero-order valence-electron chi connectivity index (χ0n) is 10.2. The number of hydrogen-bond acceptors (Lipinski definition) is 4. The van der Waals surface area contributed by atoms with E-state index in [1.165, 1.54) is 0 Å². The molecule has 20 heavy (non-hydrogen) atoms. The average Bonchev–Trinajstić information content (AvgIpc) is 2.91. The van der Waals surface area contributed by atoms with Crippen molar-refractivity contribution in [2.75, 3.05) is 6.61 Å². The summed E-state index contributed by atoms with van der Waals surface area (Å²) < 4.78 is 30.8. The van der Waals surface area contributed by atoms with Crippen LogP contribution in [0.1, 0.15) is 33.9 Å². The molecule has 0 saturated carbocycles. The Morgan fingerprint density at radius 3 is 3.15 bits per heavy atom. The maximum atomic E-state index is 12.6. The van der Waals surface area contributed by atoms with Crippen molar-refractivity contribution in [3.63, 3.8) is 0 Å². The topological polar surface area (TPSA) is 51.2 Å². The molecule has 1 amide bonds. The molecule has 4 nitrogen and oxygen atoms in total. The second kappa shape index (κ2) is 5.05. The van der Waals surface area contributed by atoms with Gasteiger partial charge in [0.05, 0.1) is 18.2 Å². The standard InChI is InChI=1S/C12H11ClF2N2O2S/c13-8-7(9(14)15)20-11(16-8)10(18)17-12-3-1-2-6(4-12)19-5-12/h1-2,6,9H,3-5H2,(H,17,18). The van der Waals surface area contributed by atoms with Crippen molar-refractivity contribution in [2.45, 2.75) is 30.9 Å². The number of carbonyl (C=O) groups excluding carboxylic acids is 1. The van der Waals surface area contributed by atoms with Crippen LogP contribution in [0.5, 0.6) is 0 Å². The molecule has 1 aromatic heterocycles. The molecule has 2 atom stereocenters. The van der Waals surface area contributed by atoms with E-state index in [0.717, 1.165) is 0 Å². The molecule has 0 aromatic carbocycles. The number of nitrogens with one attached hydrogen (secondary N) is 1. The van der Waals surface area contributed by atoms with Gasteiger partial charge in [-0.1, -0.05) is 23.8 Å². The van der Waals surface area contributed by atoms with E-state index < -0.39 is 17.9 Å². The number of hydrogen-bond donors (Lipinski definition) is 1. The number of carbonyl (C=O) groups is 1. The van der Waals surface area contributed by atoms with Crippen molar-refractivity contribution in [1.82, 2.24) is 10.3 Å². The fourth-order valence-corrected chi connectivity index (χ4v) is 3.50. The van der Waals surface area contributed by atoms with E-state index in [9.17, 15) is 13.6 Å². The molecular formula is C12H11ClF2N2O2S. The summed E-state index contributed by atoms with van der Waals surface area (Å²) in [5.74, 6) is -0.483. The second-order valence-corrected chi connectivity index (χ2v) is 6.28. The number of alkyl halides is 2. The third kappa shape index (κ3) is 2.45. The first kappa shape index (κ1) is 13.9. The molecule has 1 aliphatic heterocycles. The minimum Gasteiger partial charge on any atom is -0.372 e. The zero-order valence-corrected chi connectivity index (χ0v) is 11.8. The van der Waals surface area contributed by atoms with Crippen molar-refractivity contribution in [2.24, 2.45) is 0 Å². The Morgan fingerprint density at radius 2 is 2.45 bits per heavy atom. The molecule has 1 aromatic rings. The predicted octanol–water partition coefficient (Wildman–Crippen LogP) is 2.95. The van der Waals surface area contributed by atoms with Crippen molar-refractivity contribution >= 4 is 28.8 Å². The third-order valence-electron chi connectivity index (χ3n) is 3.41. The molecule has 3 rings (SSSR count). The van der Waals surface area contributed by atoms with E-state index in [4.69, 9.17) is 16.3 Å². The lowest BCUT2D eigenvalue weighted by molar-refractivity contribution is 0.0874. The number of nitrogens with zero attached hydrogens (tertiary/aromatic N) is 1. The van der Waals surface area contributed by atoms with Gasteiger partial charge in [-0.2, -0.15) is 0 Å². The van der Waals surface area contributed by atoms with E-state index in [1.807, 2.05) is 12.2 Å². The Kier molecular flexibility index (Phi) is 3.51. The molecule has 2 aliphatic rings. The molecule has 2 unspecified atom stereocenters. The summed E-state index contributed by atoms with van der Waals surface area (Å²) in [6.07, 6.45) is 2.57. The fourth-order valence-electron chi connectivity index (χ4n) is 2.46. The van der Waals surface area contributed by atoms with E-state index in [2.05, 4.69) is 10.3 Å². The SMILES string of the molecule is O=C(NC12CC=CC(C1)OC2)c1nc(Cl)c(C(F)F)s1. The maximum absolute atomic E-state index is 12.6. The Morgan fingerprint density at radius 1 is 1.65 bits per heavy atom. The van der Waals surface area contributed by atoms with Crippen LogP contribution in [0.15, 0.2) is 12.2 Å². The molecular weight excluding hydrogens is 310 g/mol. The molecule has 0 spiro atoms. The number of amides is 1. The largest absolute Gasteiger partial charge is 0.372 e. The van der Waals surface area contributed by atoms with Crippen LogP contribution in [0.2, 0.25) is 5.15 Å². The Hall–Kier alpha value is -1.05. The van der Waals surface area contributed by atoms with Crippen molar-refractivity contribution in [1.29, 1.82) is 0 Å². The fraction of sp³-hybridized carbons (Fsp3) is 0.500. The van der Waals surface area contributed by atoms with Gasteiger partial charge in [0.15, 0.2) is 5.01 Å². The summed E-state index contributed by atoms with van der Waals surface area (Å²) in [6, 6.07) is 0. The molecule has 2 heterocycles. The minimum absolute atomic E-state index is 0.0144. The molecule has 1 fully saturated rings. The summed E-state index contributed by atoms with van der Waals surface area (Å²) in [4.78, 5) is 15.5.